The fraction of sp³-hybridized carbons (Fsp3) is 0.263. The Labute approximate surface area is 160 Å². The van der Waals surface area contributed by atoms with Crippen LogP contribution in [0.25, 0.3) is 11.5 Å². The first-order chi connectivity index (χ1) is 13.6. The summed E-state index contributed by atoms with van der Waals surface area (Å²) in [5.74, 6) is -0.160. The molecule has 1 aromatic heterocycles. The maximum Gasteiger partial charge on any atom is 0.438 e. The Hall–Kier alpha value is -3.46. The third-order valence-corrected chi connectivity index (χ3v) is 4.76. The quantitative estimate of drug-likeness (QED) is 0.493. The Balaban J connectivity index is 1.38. The van der Waals surface area contributed by atoms with E-state index in [1.807, 2.05) is 30.3 Å². The molecule has 4 rings (SSSR count). The number of benzene rings is 2. The molecule has 1 aliphatic heterocycles. The fourth-order valence-corrected chi connectivity index (χ4v) is 3.22. The molecule has 0 spiro atoms. The van der Waals surface area contributed by atoms with Gasteiger partial charge in [0, 0.05) is 49.6 Å². The highest BCUT2D eigenvalue weighted by atomic mass is 16.6. The zero-order chi connectivity index (χ0) is 19.5. The van der Waals surface area contributed by atoms with Gasteiger partial charge in [-0.05, 0) is 24.3 Å². The second-order valence-electron chi connectivity index (χ2n) is 6.56. The van der Waals surface area contributed by atoms with Gasteiger partial charge < -0.3 is 9.32 Å². The number of hydrogen-bond acceptors (Lipinski definition) is 7. The van der Waals surface area contributed by atoms with Crippen LogP contribution >= 0.6 is 0 Å². The maximum absolute atomic E-state index is 12.1. The smallest absolute Gasteiger partial charge is 0.388 e. The van der Waals surface area contributed by atoms with Crippen molar-refractivity contribution in [2.45, 2.75) is 6.67 Å². The number of nitro groups is 1. The van der Waals surface area contributed by atoms with Crippen molar-refractivity contribution in [3.8, 4) is 11.5 Å². The lowest BCUT2D eigenvalue weighted by molar-refractivity contribution is -0.384. The minimum Gasteiger partial charge on any atom is -0.388 e. The maximum atomic E-state index is 12.1. The van der Waals surface area contributed by atoms with E-state index in [9.17, 15) is 14.9 Å². The summed E-state index contributed by atoms with van der Waals surface area (Å²) in [6.45, 7) is 3.38. The molecule has 1 fully saturated rings. The number of piperazine rings is 1. The van der Waals surface area contributed by atoms with Crippen molar-refractivity contribution in [3.05, 3.63) is 75.3 Å². The van der Waals surface area contributed by atoms with Gasteiger partial charge in [-0.15, -0.1) is 5.10 Å². The van der Waals surface area contributed by atoms with Gasteiger partial charge in [0.25, 0.3) is 5.69 Å². The van der Waals surface area contributed by atoms with E-state index >= 15 is 0 Å². The average Bonchev–Trinajstić information content (AvgIpc) is 3.10. The number of aromatic nitrogens is 2. The summed E-state index contributed by atoms with van der Waals surface area (Å²) in [5.41, 5.74) is 1.80. The highest BCUT2D eigenvalue weighted by molar-refractivity contribution is 5.52. The van der Waals surface area contributed by atoms with Crippen LogP contribution in [0.4, 0.5) is 11.4 Å². The van der Waals surface area contributed by atoms with Gasteiger partial charge in [0.1, 0.15) is 6.67 Å². The van der Waals surface area contributed by atoms with Crippen LogP contribution in [-0.4, -0.2) is 45.8 Å². The Morgan fingerprint density at radius 1 is 1.00 bits per heavy atom. The molecule has 0 unspecified atom stereocenters. The van der Waals surface area contributed by atoms with E-state index in [1.165, 1.54) is 16.8 Å². The molecule has 0 saturated carbocycles. The van der Waals surface area contributed by atoms with Crippen LogP contribution in [0.15, 0.2) is 63.8 Å². The second kappa shape index (κ2) is 7.65. The molecule has 9 nitrogen and oxygen atoms in total. The van der Waals surface area contributed by atoms with Crippen molar-refractivity contribution >= 4 is 11.4 Å². The SMILES string of the molecule is O=c1oc(-c2ccccc2)nn1CN1CCN(c2ccc([N+](=O)[O-])cc2)CC1. The van der Waals surface area contributed by atoms with Gasteiger partial charge >= 0.3 is 5.76 Å². The van der Waals surface area contributed by atoms with Gasteiger partial charge in [0.2, 0.25) is 5.89 Å². The lowest BCUT2D eigenvalue weighted by Crippen LogP contribution is -2.47. The number of hydrogen-bond donors (Lipinski definition) is 0. The largest absolute Gasteiger partial charge is 0.438 e. The van der Waals surface area contributed by atoms with E-state index in [4.69, 9.17) is 4.42 Å². The summed E-state index contributed by atoms with van der Waals surface area (Å²) in [4.78, 5) is 26.8. The number of nitrogens with zero attached hydrogens (tertiary/aromatic N) is 5. The molecule has 0 aliphatic carbocycles. The van der Waals surface area contributed by atoms with Crippen LogP contribution in [0, 0.1) is 10.1 Å². The summed E-state index contributed by atoms with van der Waals surface area (Å²) >= 11 is 0. The van der Waals surface area contributed by atoms with Gasteiger partial charge in [0.05, 0.1) is 4.92 Å². The molecule has 0 N–H and O–H groups in total. The normalized spacial score (nSPS) is 14.9. The Bertz CT molecular complexity index is 1000. The number of rotatable bonds is 5. The molecular weight excluding hydrogens is 362 g/mol. The van der Waals surface area contributed by atoms with Crippen molar-refractivity contribution in [1.29, 1.82) is 0 Å². The molecule has 0 amide bonds. The van der Waals surface area contributed by atoms with Crippen molar-refractivity contribution in [2.24, 2.45) is 0 Å². The van der Waals surface area contributed by atoms with Gasteiger partial charge in [-0.3, -0.25) is 15.0 Å². The summed E-state index contributed by atoms with van der Waals surface area (Å²) in [6.07, 6.45) is 0. The fourth-order valence-electron chi connectivity index (χ4n) is 3.22. The summed E-state index contributed by atoms with van der Waals surface area (Å²) in [7, 11) is 0. The average molecular weight is 381 g/mol. The van der Waals surface area contributed by atoms with Gasteiger partial charge in [0.15, 0.2) is 0 Å². The first-order valence-electron chi connectivity index (χ1n) is 8.95. The third-order valence-electron chi connectivity index (χ3n) is 4.76. The molecule has 1 saturated heterocycles. The predicted octanol–water partition coefficient (Wildman–Crippen LogP) is 2.19. The zero-order valence-electron chi connectivity index (χ0n) is 15.1. The highest BCUT2D eigenvalue weighted by Gasteiger charge is 2.20. The molecule has 9 heteroatoms. The summed E-state index contributed by atoms with van der Waals surface area (Å²) in [5, 5.41) is 15.1. The van der Waals surface area contributed by atoms with Crippen LogP contribution < -0.4 is 10.7 Å². The van der Waals surface area contributed by atoms with Gasteiger partial charge in [-0.25, -0.2) is 4.79 Å². The molecule has 0 atom stereocenters. The van der Waals surface area contributed by atoms with E-state index < -0.39 is 10.7 Å². The summed E-state index contributed by atoms with van der Waals surface area (Å²) < 4.78 is 6.60. The topological polar surface area (TPSA) is 97.7 Å². The molecule has 0 radical (unpaired) electrons. The first kappa shape index (κ1) is 17.9. The van der Waals surface area contributed by atoms with Gasteiger partial charge in [-0.2, -0.15) is 4.68 Å². The molecule has 0 bridgehead atoms. The minimum atomic E-state index is -0.475. The van der Waals surface area contributed by atoms with E-state index in [0.29, 0.717) is 12.6 Å². The van der Waals surface area contributed by atoms with Crippen LogP contribution in [0.1, 0.15) is 0 Å². The molecule has 2 aromatic carbocycles. The van der Waals surface area contributed by atoms with Crippen LogP contribution in [-0.2, 0) is 6.67 Å². The van der Waals surface area contributed by atoms with Crippen molar-refractivity contribution in [2.75, 3.05) is 31.1 Å². The number of non-ortho nitro benzene ring substituents is 1. The molecule has 2 heterocycles. The number of anilines is 1. The van der Waals surface area contributed by atoms with E-state index in [2.05, 4.69) is 14.9 Å². The molecule has 1 aliphatic rings. The van der Waals surface area contributed by atoms with E-state index in [0.717, 1.165) is 37.4 Å². The van der Waals surface area contributed by atoms with E-state index in [-0.39, 0.29) is 5.69 Å². The van der Waals surface area contributed by atoms with Crippen molar-refractivity contribution in [3.63, 3.8) is 0 Å². The Morgan fingerprint density at radius 2 is 1.68 bits per heavy atom. The summed E-state index contributed by atoms with van der Waals surface area (Å²) in [6, 6.07) is 15.9. The van der Waals surface area contributed by atoms with Crippen LogP contribution in [0.2, 0.25) is 0 Å². The molecule has 28 heavy (non-hydrogen) atoms. The first-order valence-corrected chi connectivity index (χ1v) is 8.95. The second-order valence-corrected chi connectivity index (χ2v) is 6.56. The van der Waals surface area contributed by atoms with Crippen LogP contribution in [0.5, 0.6) is 0 Å². The standard InChI is InChI=1S/C19H19N5O4/c25-19-23(20-18(28-19)15-4-2-1-3-5-15)14-21-10-12-22(13-11-21)16-6-8-17(9-7-16)24(26)27/h1-9H,10-14H2. The van der Waals surface area contributed by atoms with Crippen LogP contribution in [0.3, 0.4) is 0 Å². The lowest BCUT2D eigenvalue weighted by Gasteiger charge is -2.35. The predicted molar refractivity (Wildman–Crippen MR) is 103 cm³/mol. The monoisotopic (exact) mass is 381 g/mol. The van der Waals surface area contributed by atoms with Crippen molar-refractivity contribution in [1.82, 2.24) is 14.7 Å². The Morgan fingerprint density at radius 3 is 2.32 bits per heavy atom. The zero-order valence-corrected chi connectivity index (χ0v) is 15.1. The molecule has 3 aromatic rings. The number of nitro benzene ring substituents is 1. The highest BCUT2D eigenvalue weighted by Crippen LogP contribution is 2.21. The molecule has 144 valence electrons. The van der Waals surface area contributed by atoms with Crippen molar-refractivity contribution < 1.29 is 9.34 Å². The Kier molecular flexibility index (Phi) is 4.90. The molecular formula is C19H19N5O4. The van der Waals surface area contributed by atoms with E-state index in [1.54, 1.807) is 12.1 Å². The van der Waals surface area contributed by atoms with Gasteiger partial charge in [-0.1, -0.05) is 18.2 Å². The third kappa shape index (κ3) is 3.79. The lowest BCUT2D eigenvalue weighted by atomic mass is 10.2. The minimum absolute atomic E-state index is 0.0852.